The number of halogens is 2. The monoisotopic (exact) mass is 455 g/mol. The number of fused-ring (bicyclic) bond motifs is 2. The van der Waals surface area contributed by atoms with E-state index in [1.54, 1.807) is 6.20 Å². The molecular weight excluding hydrogens is 437 g/mol. The van der Waals surface area contributed by atoms with Gasteiger partial charge in [-0.3, -0.25) is 0 Å². The Hall–Kier alpha value is -2.31. The van der Waals surface area contributed by atoms with Crippen LogP contribution in [0.25, 0.3) is 10.9 Å². The molecule has 0 radical (unpaired) electrons. The summed E-state index contributed by atoms with van der Waals surface area (Å²) in [7, 11) is 0. The lowest BCUT2D eigenvalue weighted by Crippen LogP contribution is -2.00. The van der Waals surface area contributed by atoms with E-state index in [1.165, 1.54) is 28.6 Å². The van der Waals surface area contributed by atoms with Gasteiger partial charge in [0.1, 0.15) is 12.4 Å². The minimum atomic E-state index is 0.549. The van der Waals surface area contributed by atoms with Gasteiger partial charge in [-0.2, -0.15) is 0 Å². The zero-order valence-electron chi connectivity index (χ0n) is 16.0. The van der Waals surface area contributed by atoms with Crippen LogP contribution >= 0.6 is 35.1 Å². The second-order valence-corrected chi connectivity index (χ2v) is 8.85. The van der Waals surface area contributed by atoms with Gasteiger partial charge < -0.3 is 19.8 Å². The molecule has 0 saturated heterocycles. The van der Waals surface area contributed by atoms with Crippen LogP contribution in [0.1, 0.15) is 16.7 Å². The van der Waals surface area contributed by atoms with Crippen molar-refractivity contribution in [3.63, 3.8) is 0 Å². The summed E-state index contributed by atoms with van der Waals surface area (Å²) in [5, 5.41) is 5.44. The molecule has 0 amide bonds. The highest BCUT2D eigenvalue weighted by Gasteiger charge is 2.12. The first-order chi connectivity index (χ1) is 14.7. The van der Waals surface area contributed by atoms with Gasteiger partial charge in [0.15, 0.2) is 0 Å². The molecule has 3 aromatic carbocycles. The maximum Gasteiger partial charge on any atom is 0.120 e. The summed E-state index contributed by atoms with van der Waals surface area (Å²) in [6, 6.07) is 18.4. The van der Waals surface area contributed by atoms with E-state index in [0.717, 1.165) is 40.3 Å². The van der Waals surface area contributed by atoms with Gasteiger partial charge in [0.2, 0.25) is 0 Å². The van der Waals surface area contributed by atoms with Crippen LogP contribution in [0.3, 0.4) is 0 Å². The van der Waals surface area contributed by atoms with E-state index in [4.69, 9.17) is 27.9 Å². The Labute approximate surface area is 189 Å². The molecule has 30 heavy (non-hydrogen) atoms. The maximum absolute atomic E-state index is 6.27. The third-order valence-corrected chi connectivity index (χ3v) is 6.55. The van der Waals surface area contributed by atoms with E-state index in [0.29, 0.717) is 16.7 Å². The Morgan fingerprint density at radius 2 is 1.87 bits per heavy atom. The van der Waals surface area contributed by atoms with Crippen LogP contribution in [0.4, 0.5) is 5.69 Å². The molecule has 7 heteroatoms. The quantitative estimate of drug-likeness (QED) is 0.280. The third-order valence-electron chi connectivity index (χ3n) is 5.13. The fourth-order valence-electron chi connectivity index (χ4n) is 3.60. The molecule has 4 aromatic rings. The van der Waals surface area contributed by atoms with E-state index in [2.05, 4.69) is 33.2 Å². The number of ether oxygens (including phenoxy) is 1. The molecule has 1 aliphatic heterocycles. The molecule has 0 fully saturated rings. The third kappa shape index (κ3) is 3.98. The van der Waals surface area contributed by atoms with Crippen molar-refractivity contribution in [2.75, 3.05) is 4.72 Å². The topological polar surface area (TPSA) is 49.1 Å². The zero-order chi connectivity index (χ0) is 20.5. The van der Waals surface area contributed by atoms with Crippen LogP contribution in [-0.2, 0) is 19.7 Å². The number of rotatable bonds is 6. The Kier molecular flexibility index (Phi) is 5.52. The highest BCUT2D eigenvalue weighted by atomic mass is 35.5. The van der Waals surface area contributed by atoms with Crippen molar-refractivity contribution < 1.29 is 4.74 Å². The van der Waals surface area contributed by atoms with Crippen molar-refractivity contribution in [2.45, 2.75) is 24.6 Å². The summed E-state index contributed by atoms with van der Waals surface area (Å²) in [5.74, 6) is 0.838. The van der Waals surface area contributed by atoms with Gasteiger partial charge in [-0.25, -0.2) is 0 Å². The van der Waals surface area contributed by atoms with Gasteiger partial charge in [0.25, 0.3) is 0 Å². The van der Waals surface area contributed by atoms with Crippen LogP contribution < -0.4 is 14.8 Å². The van der Waals surface area contributed by atoms with Gasteiger partial charge >= 0.3 is 0 Å². The first kappa shape index (κ1) is 19.6. The summed E-state index contributed by atoms with van der Waals surface area (Å²) in [6.45, 7) is 2.44. The molecular formula is C23H19Cl2N3OS. The fourth-order valence-corrected chi connectivity index (χ4v) is 4.88. The van der Waals surface area contributed by atoms with Gasteiger partial charge in [-0.15, -0.1) is 0 Å². The highest BCUT2D eigenvalue weighted by molar-refractivity contribution is 8.00. The average molecular weight is 456 g/mol. The van der Waals surface area contributed by atoms with Crippen LogP contribution in [0.15, 0.2) is 65.7 Å². The number of H-pyrrole nitrogens is 1. The summed E-state index contributed by atoms with van der Waals surface area (Å²) < 4.78 is 9.41. The molecule has 4 nitrogen and oxygen atoms in total. The smallest absolute Gasteiger partial charge is 0.120 e. The Balaban J connectivity index is 1.26. The molecule has 0 aliphatic carbocycles. The maximum atomic E-state index is 6.27. The van der Waals surface area contributed by atoms with Crippen molar-refractivity contribution >= 4 is 51.7 Å². The van der Waals surface area contributed by atoms with E-state index in [-0.39, 0.29) is 0 Å². The number of aromatic nitrogens is 1. The van der Waals surface area contributed by atoms with Gasteiger partial charge in [-0.05, 0) is 59.0 Å². The first-order valence-electron chi connectivity index (χ1n) is 9.59. The number of hydrogen-bond acceptors (Lipinski definition) is 4. The molecule has 0 spiro atoms. The predicted molar refractivity (Wildman–Crippen MR) is 126 cm³/mol. The van der Waals surface area contributed by atoms with Crippen molar-refractivity contribution in [1.29, 1.82) is 0 Å². The van der Waals surface area contributed by atoms with E-state index < -0.39 is 0 Å². The molecule has 0 saturated carbocycles. The largest absolute Gasteiger partial charge is 0.489 e. The molecule has 1 aromatic heterocycles. The van der Waals surface area contributed by atoms with Crippen molar-refractivity contribution in [2.24, 2.45) is 0 Å². The summed E-state index contributed by atoms with van der Waals surface area (Å²) in [5.41, 5.74) is 5.73. The predicted octanol–water partition coefficient (Wildman–Crippen LogP) is 6.78. The fraction of sp³-hybridized carbons (Fsp3) is 0.130. The zero-order valence-corrected chi connectivity index (χ0v) is 18.3. The summed E-state index contributed by atoms with van der Waals surface area (Å²) >= 11 is 14.0. The first-order valence-corrected chi connectivity index (χ1v) is 11.2. The number of aromatic amines is 1. The lowest BCUT2D eigenvalue weighted by atomic mass is 10.1. The van der Waals surface area contributed by atoms with Crippen molar-refractivity contribution in [1.82, 2.24) is 10.3 Å². The molecule has 3 N–H and O–H groups in total. The minimum absolute atomic E-state index is 0.549. The highest BCUT2D eigenvalue weighted by Crippen LogP contribution is 2.36. The number of benzene rings is 3. The van der Waals surface area contributed by atoms with E-state index in [1.807, 2.05) is 36.4 Å². The van der Waals surface area contributed by atoms with E-state index >= 15 is 0 Å². The van der Waals surface area contributed by atoms with E-state index in [9.17, 15) is 0 Å². The second-order valence-electron chi connectivity index (χ2n) is 7.16. The van der Waals surface area contributed by atoms with Crippen LogP contribution in [0.2, 0.25) is 10.0 Å². The van der Waals surface area contributed by atoms with Crippen LogP contribution in [0, 0.1) is 0 Å². The molecule has 2 heterocycles. The Bertz CT molecular complexity index is 1220. The SMILES string of the molecule is Clc1ccc(NSc2cccc(OCc3ccc4c(c3)CNC4)c2)c2[nH]cc(Cl)c12. The number of nitrogens with one attached hydrogen (secondary N) is 3. The molecule has 0 bridgehead atoms. The number of hydrogen-bond donors (Lipinski definition) is 3. The Morgan fingerprint density at radius 3 is 2.80 bits per heavy atom. The lowest BCUT2D eigenvalue weighted by Gasteiger charge is -2.11. The molecule has 0 unspecified atom stereocenters. The van der Waals surface area contributed by atoms with Crippen LogP contribution in [-0.4, -0.2) is 4.98 Å². The van der Waals surface area contributed by atoms with Crippen LogP contribution in [0.5, 0.6) is 5.75 Å². The van der Waals surface area contributed by atoms with Crippen molar-refractivity contribution in [3.8, 4) is 5.75 Å². The summed E-state index contributed by atoms with van der Waals surface area (Å²) in [6.07, 6.45) is 1.75. The summed E-state index contributed by atoms with van der Waals surface area (Å²) in [4.78, 5) is 4.23. The normalized spacial score (nSPS) is 12.9. The lowest BCUT2D eigenvalue weighted by molar-refractivity contribution is 0.305. The molecule has 5 rings (SSSR count). The van der Waals surface area contributed by atoms with Gasteiger partial charge in [0, 0.05) is 29.6 Å². The van der Waals surface area contributed by atoms with Gasteiger partial charge in [0.05, 0.1) is 21.2 Å². The Morgan fingerprint density at radius 1 is 0.967 bits per heavy atom. The molecule has 1 aliphatic rings. The standard InChI is InChI=1S/C23H19Cl2N3OS/c24-19-6-7-21(23-22(19)20(25)12-27-23)28-30-18-3-1-2-17(9-18)29-13-14-4-5-15-10-26-11-16(15)8-14/h1-9,12,26-28H,10-11,13H2. The molecule has 152 valence electrons. The average Bonchev–Trinajstić information content (AvgIpc) is 3.39. The molecule has 0 atom stereocenters. The minimum Gasteiger partial charge on any atom is -0.489 e. The second kappa shape index (κ2) is 8.44. The van der Waals surface area contributed by atoms with Gasteiger partial charge in [-0.1, -0.05) is 47.5 Å². The van der Waals surface area contributed by atoms with Crippen molar-refractivity contribution in [3.05, 3.63) is 87.5 Å². The number of anilines is 1.